The first-order chi connectivity index (χ1) is 13.9. The van der Waals surface area contributed by atoms with Gasteiger partial charge in [0, 0.05) is 30.7 Å². The highest BCUT2D eigenvalue weighted by Gasteiger charge is 2.23. The molecule has 7 heteroatoms. The van der Waals surface area contributed by atoms with Gasteiger partial charge in [-0.3, -0.25) is 4.79 Å². The molecule has 0 bridgehead atoms. The van der Waals surface area contributed by atoms with E-state index in [9.17, 15) is 4.79 Å². The lowest BCUT2D eigenvalue weighted by Crippen LogP contribution is -2.46. The number of amides is 1. The van der Waals surface area contributed by atoms with Crippen LogP contribution in [0.25, 0.3) is 0 Å². The summed E-state index contributed by atoms with van der Waals surface area (Å²) in [5, 5.41) is 7.09. The Labute approximate surface area is 172 Å². The SMILES string of the molecule is COc1cc(C(=O)NC2CCN(C(C)C)CC2)ccc1OCc1c(C)noc1C. The summed E-state index contributed by atoms with van der Waals surface area (Å²) in [5.74, 6) is 1.76. The van der Waals surface area contributed by atoms with Gasteiger partial charge < -0.3 is 24.2 Å². The van der Waals surface area contributed by atoms with Gasteiger partial charge in [-0.25, -0.2) is 0 Å². The standard InChI is InChI=1S/C22H31N3O4/c1-14(2)25-10-8-18(9-11-25)23-22(26)17-6-7-20(21(12-17)27-5)28-13-19-15(3)24-29-16(19)4/h6-7,12,14,18H,8-11,13H2,1-5H3,(H,23,26). The number of carbonyl (C=O) groups is 1. The maximum atomic E-state index is 12.7. The Balaban J connectivity index is 1.61. The number of nitrogens with zero attached hydrogens (tertiary/aromatic N) is 2. The fraction of sp³-hybridized carbons (Fsp3) is 0.545. The Bertz CT molecular complexity index is 819. The topological polar surface area (TPSA) is 76.8 Å². The van der Waals surface area contributed by atoms with Gasteiger partial charge in [0.05, 0.1) is 18.4 Å². The normalized spacial score (nSPS) is 15.5. The number of likely N-dealkylation sites (tertiary alicyclic amines) is 1. The molecule has 0 atom stereocenters. The van der Waals surface area contributed by atoms with Gasteiger partial charge in [-0.05, 0) is 58.7 Å². The van der Waals surface area contributed by atoms with E-state index in [4.69, 9.17) is 14.0 Å². The van der Waals surface area contributed by atoms with Crippen LogP contribution in [0.5, 0.6) is 11.5 Å². The van der Waals surface area contributed by atoms with Gasteiger partial charge in [0.2, 0.25) is 0 Å². The fourth-order valence-corrected chi connectivity index (χ4v) is 3.61. The van der Waals surface area contributed by atoms with E-state index < -0.39 is 0 Å². The Kier molecular flexibility index (Phi) is 6.79. The number of rotatable bonds is 7. The Morgan fingerprint density at radius 2 is 2.00 bits per heavy atom. The van der Waals surface area contributed by atoms with Crippen molar-refractivity contribution in [3.8, 4) is 11.5 Å². The van der Waals surface area contributed by atoms with E-state index in [1.165, 1.54) is 0 Å². The number of benzene rings is 1. The molecule has 0 spiro atoms. The smallest absolute Gasteiger partial charge is 0.251 e. The average Bonchev–Trinajstić information content (AvgIpc) is 3.04. The maximum absolute atomic E-state index is 12.7. The fourth-order valence-electron chi connectivity index (χ4n) is 3.61. The molecule has 158 valence electrons. The van der Waals surface area contributed by atoms with Gasteiger partial charge >= 0.3 is 0 Å². The third-order valence-corrected chi connectivity index (χ3v) is 5.57. The molecule has 1 saturated heterocycles. The molecule has 1 aliphatic rings. The molecule has 1 aromatic carbocycles. The zero-order valence-electron chi connectivity index (χ0n) is 17.9. The second-order valence-electron chi connectivity index (χ2n) is 7.83. The van der Waals surface area contributed by atoms with E-state index in [1.54, 1.807) is 25.3 Å². The molecular formula is C22H31N3O4. The van der Waals surface area contributed by atoms with Gasteiger partial charge in [0.25, 0.3) is 5.91 Å². The van der Waals surface area contributed by atoms with Crippen LogP contribution < -0.4 is 14.8 Å². The highest BCUT2D eigenvalue weighted by atomic mass is 16.5. The minimum absolute atomic E-state index is 0.0800. The summed E-state index contributed by atoms with van der Waals surface area (Å²) in [7, 11) is 1.57. The second kappa shape index (κ2) is 9.31. The summed E-state index contributed by atoms with van der Waals surface area (Å²) in [4.78, 5) is 15.1. The van der Waals surface area contributed by atoms with Crippen LogP contribution >= 0.6 is 0 Å². The Morgan fingerprint density at radius 3 is 2.59 bits per heavy atom. The van der Waals surface area contributed by atoms with Crippen LogP contribution in [0.4, 0.5) is 0 Å². The van der Waals surface area contributed by atoms with Crippen LogP contribution in [0.15, 0.2) is 22.7 Å². The molecule has 29 heavy (non-hydrogen) atoms. The molecule has 0 aliphatic carbocycles. The summed E-state index contributed by atoms with van der Waals surface area (Å²) < 4.78 is 16.5. The van der Waals surface area contributed by atoms with Crippen LogP contribution in [-0.4, -0.2) is 48.2 Å². The van der Waals surface area contributed by atoms with Crippen molar-refractivity contribution in [2.45, 2.75) is 59.2 Å². The maximum Gasteiger partial charge on any atom is 0.251 e. The van der Waals surface area contributed by atoms with E-state index in [0.29, 0.717) is 29.7 Å². The summed E-state index contributed by atoms with van der Waals surface area (Å²) in [6.07, 6.45) is 1.94. The summed E-state index contributed by atoms with van der Waals surface area (Å²) in [6.45, 7) is 10.5. The first-order valence-corrected chi connectivity index (χ1v) is 10.2. The van der Waals surface area contributed by atoms with Crippen LogP contribution in [0.2, 0.25) is 0 Å². The average molecular weight is 402 g/mol. The molecule has 0 unspecified atom stereocenters. The third kappa shape index (κ3) is 5.09. The molecule has 2 aromatic rings. The lowest BCUT2D eigenvalue weighted by molar-refractivity contribution is 0.0900. The van der Waals surface area contributed by atoms with Crippen molar-refractivity contribution in [1.82, 2.24) is 15.4 Å². The van der Waals surface area contributed by atoms with Crippen molar-refractivity contribution in [2.24, 2.45) is 0 Å². The first-order valence-electron chi connectivity index (χ1n) is 10.2. The summed E-state index contributed by atoms with van der Waals surface area (Å²) in [6, 6.07) is 6.02. The van der Waals surface area contributed by atoms with Crippen molar-refractivity contribution >= 4 is 5.91 Å². The van der Waals surface area contributed by atoms with Gasteiger partial charge in [-0.2, -0.15) is 0 Å². The molecule has 1 amide bonds. The Hall–Kier alpha value is -2.54. The molecule has 1 fully saturated rings. The lowest BCUT2D eigenvalue weighted by atomic mass is 10.0. The zero-order valence-corrected chi connectivity index (χ0v) is 17.9. The van der Waals surface area contributed by atoms with Crippen molar-refractivity contribution in [3.63, 3.8) is 0 Å². The van der Waals surface area contributed by atoms with E-state index >= 15 is 0 Å². The van der Waals surface area contributed by atoms with Gasteiger partial charge in [-0.1, -0.05) is 5.16 Å². The third-order valence-electron chi connectivity index (χ3n) is 5.57. The second-order valence-corrected chi connectivity index (χ2v) is 7.83. The van der Waals surface area contributed by atoms with Crippen LogP contribution in [0.1, 0.15) is 54.1 Å². The monoisotopic (exact) mass is 401 g/mol. The van der Waals surface area contributed by atoms with Gasteiger partial charge in [0.1, 0.15) is 12.4 Å². The van der Waals surface area contributed by atoms with Crippen LogP contribution in [0, 0.1) is 13.8 Å². The Morgan fingerprint density at radius 1 is 1.28 bits per heavy atom. The number of carbonyl (C=O) groups excluding carboxylic acids is 1. The summed E-state index contributed by atoms with van der Waals surface area (Å²) in [5.41, 5.74) is 2.29. The molecule has 7 nitrogen and oxygen atoms in total. The van der Waals surface area contributed by atoms with Crippen molar-refractivity contribution < 1.29 is 18.8 Å². The highest BCUT2D eigenvalue weighted by molar-refractivity contribution is 5.95. The van der Waals surface area contributed by atoms with Gasteiger partial charge in [0.15, 0.2) is 11.5 Å². The van der Waals surface area contributed by atoms with Crippen molar-refractivity contribution in [1.29, 1.82) is 0 Å². The molecule has 1 aliphatic heterocycles. The predicted octanol–water partition coefficient (Wildman–Crippen LogP) is 3.48. The minimum atomic E-state index is -0.0800. The van der Waals surface area contributed by atoms with E-state index in [0.717, 1.165) is 42.9 Å². The van der Waals surface area contributed by atoms with E-state index in [2.05, 4.69) is 29.2 Å². The number of aromatic nitrogens is 1. The quantitative estimate of drug-likeness (QED) is 0.765. The summed E-state index contributed by atoms with van der Waals surface area (Å²) >= 11 is 0. The molecule has 1 aromatic heterocycles. The number of hydrogen-bond acceptors (Lipinski definition) is 6. The van der Waals surface area contributed by atoms with Gasteiger partial charge in [-0.15, -0.1) is 0 Å². The molecule has 0 radical (unpaired) electrons. The zero-order chi connectivity index (χ0) is 21.0. The predicted molar refractivity (Wildman–Crippen MR) is 111 cm³/mol. The number of methoxy groups -OCH3 is 1. The number of aryl methyl sites for hydroxylation is 2. The molecule has 3 rings (SSSR count). The van der Waals surface area contributed by atoms with E-state index in [-0.39, 0.29) is 11.9 Å². The lowest BCUT2D eigenvalue weighted by Gasteiger charge is -2.34. The molecular weight excluding hydrogens is 370 g/mol. The van der Waals surface area contributed by atoms with Crippen LogP contribution in [0.3, 0.4) is 0 Å². The van der Waals surface area contributed by atoms with Crippen molar-refractivity contribution in [3.05, 3.63) is 40.8 Å². The number of ether oxygens (including phenoxy) is 2. The largest absolute Gasteiger partial charge is 0.493 e. The minimum Gasteiger partial charge on any atom is -0.493 e. The molecule has 0 saturated carbocycles. The number of hydrogen-bond donors (Lipinski definition) is 1. The van der Waals surface area contributed by atoms with E-state index in [1.807, 2.05) is 13.8 Å². The van der Waals surface area contributed by atoms with Crippen LogP contribution in [-0.2, 0) is 6.61 Å². The number of nitrogens with one attached hydrogen (secondary N) is 1. The molecule has 1 N–H and O–H groups in total. The number of piperidine rings is 1. The molecule has 2 heterocycles. The highest BCUT2D eigenvalue weighted by Crippen LogP contribution is 2.29. The van der Waals surface area contributed by atoms with Crippen molar-refractivity contribution in [2.75, 3.05) is 20.2 Å². The first kappa shape index (κ1) is 21.2.